The van der Waals surface area contributed by atoms with Gasteiger partial charge < -0.3 is 5.32 Å². The Bertz CT molecular complexity index is 709. The number of nitrogens with zero attached hydrogens (tertiary/aromatic N) is 3. The molecule has 0 saturated heterocycles. The van der Waals surface area contributed by atoms with Crippen molar-refractivity contribution in [2.45, 2.75) is 18.6 Å². The molecule has 2 heterocycles. The van der Waals surface area contributed by atoms with Crippen LogP contribution in [-0.2, 0) is 9.84 Å². The van der Waals surface area contributed by atoms with E-state index in [1.54, 1.807) is 24.6 Å². The van der Waals surface area contributed by atoms with E-state index in [9.17, 15) is 8.42 Å². The lowest BCUT2D eigenvalue weighted by Crippen LogP contribution is -2.38. The fourth-order valence-electron chi connectivity index (χ4n) is 1.37. The van der Waals surface area contributed by atoms with Crippen molar-refractivity contribution in [2.75, 3.05) is 18.1 Å². The Morgan fingerprint density at radius 3 is 2.74 bits per heavy atom. The summed E-state index contributed by atoms with van der Waals surface area (Å²) in [7, 11) is -3.14. The second-order valence-corrected chi connectivity index (χ2v) is 8.45. The fourth-order valence-corrected chi connectivity index (χ4v) is 2.13. The molecule has 104 valence electrons. The van der Waals surface area contributed by atoms with Crippen LogP contribution in [0.2, 0.25) is 0 Å². The zero-order valence-electron chi connectivity index (χ0n) is 10.9. The van der Waals surface area contributed by atoms with Crippen molar-refractivity contribution in [2.24, 2.45) is 0 Å². The maximum absolute atomic E-state index is 11.6. The van der Waals surface area contributed by atoms with Crippen LogP contribution >= 0.6 is 15.9 Å². The van der Waals surface area contributed by atoms with Gasteiger partial charge in [-0.3, -0.25) is 0 Å². The van der Waals surface area contributed by atoms with Crippen LogP contribution in [0.25, 0.3) is 5.65 Å². The van der Waals surface area contributed by atoms with Crippen LogP contribution in [-0.4, -0.2) is 40.6 Å². The van der Waals surface area contributed by atoms with Gasteiger partial charge in [0.1, 0.15) is 0 Å². The number of pyridine rings is 1. The first-order valence-corrected chi connectivity index (χ1v) is 8.33. The van der Waals surface area contributed by atoms with Gasteiger partial charge in [0.2, 0.25) is 5.95 Å². The number of hydrogen-bond donors (Lipinski definition) is 1. The van der Waals surface area contributed by atoms with Crippen molar-refractivity contribution in [1.29, 1.82) is 0 Å². The van der Waals surface area contributed by atoms with Gasteiger partial charge in [-0.25, -0.2) is 12.9 Å². The van der Waals surface area contributed by atoms with Gasteiger partial charge in [0.15, 0.2) is 15.5 Å². The number of fused-ring (bicyclic) bond motifs is 1. The van der Waals surface area contributed by atoms with Gasteiger partial charge in [-0.2, -0.15) is 4.98 Å². The summed E-state index contributed by atoms with van der Waals surface area (Å²) in [6.45, 7) is 3.59. The van der Waals surface area contributed by atoms with Crippen LogP contribution in [0, 0.1) is 0 Å². The minimum absolute atomic E-state index is 0.250. The minimum atomic E-state index is -3.14. The Balaban J connectivity index is 2.22. The number of aromatic nitrogens is 3. The number of halogens is 1. The quantitative estimate of drug-likeness (QED) is 0.912. The second-order valence-electron chi connectivity index (χ2n) is 4.95. The van der Waals surface area contributed by atoms with Gasteiger partial charge in [-0.15, -0.1) is 5.10 Å². The van der Waals surface area contributed by atoms with Crippen molar-refractivity contribution >= 4 is 37.4 Å². The second kappa shape index (κ2) is 4.75. The van der Waals surface area contributed by atoms with Gasteiger partial charge in [-0.05, 0) is 41.9 Å². The Morgan fingerprint density at radius 1 is 1.47 bits per heavy atom. The van der Waals surface area contributed by atoms with Crippen molar-refractivity contribution in [3.05, 3.63) is 22.8 Å². The molecule has 2 rings (SSSR count). The highest BCUT2D eigenvalue weighted by Gasteiger charge is 2.30. The monoisotopic (exact) mass is 346 g/mol. The standard InChI is InChI=1S/C11H15BrN4O2S/c1-11(2,19(3,17)18)7-13-10-14-9-8(12)5-4-6-16(9)15-10/h4-6H,7H2,1-3H3,(H,13,15). The predicted molar refractivity (Wildman–Crippen MR) is 78.1 cm³/mol. The highest BCUT2D eigenvalue weighted by Crippen LogP contribution is 2.19. The summed E-state index contributed by atoms with van der Waals surface area (Å²) in [4.78, 5) is 4.30. The molecule has 1 N–H and O–H groups in total. The lowest BCUT2D eigenvalue weighted by molar-refractivity contribution is 0.559. The summed E-state index contributed by atoms with van der Waals surface area (Å²) >= 11 is 3.39. The van der Waals surface area contributed by atoms with E-state index in [2.05, 4.69) is 31.3 Å². The van der Waals surface area contributed by atoms with E-state index in [0.717, 1.165) is 4.47 Å². The highest BCUT2D eigenvalue weighted by atomic mass is 79.9. The predicted octanol–water partition coefficient (Wildman–Crippen LogP) is 1.73. The Kier molecular flexibility index (Phi) is 3.57. The van der Waals surface area contributed by atoms with Crippen LogP contribution in [0.15, 0.2) is 22.8 Å². The van der Waals surface area contributed by atoms with E-state index in [-0.39, 0.29) is 6.54 Å². The van der Waals surface area contributed by atoms with Gasteiger partial charge >= 0.3 is 0 Å². The molecule has 0 bridgehead atoms. The van der Waals surface area contributed by atoms with Crippen LogP contribution in [0.1, 0.15) is 13.8 Å². The molecule has 8 heteroatoms. The Morgan fingerprint density at radius 2 is 2.16 bits per heavy atom. The van der Waals surface area contributed by atoms with Crippen molar-refractivity contribution < 1.29 is 8.42 Å². The molecule has 0 aliphatic rings. The molecule has 19 heavy (non-hydrogen) atoms. The highest BCUT2D eigenvalue weighted by molar-refractivity contribution is 9.10. The molecule has 0 fully saturated rings. The van der Waals surface area contributed by atoms with E-state index in [1.807, 2.05) is 12.1 Å². The van der Waals surface area contributed by atoms with Crippen LogP contribution in [0.3, 0.4) is 0 Å². The molecule has 0 saturated carbocycles. The van der Waals surface area contributed by atoms with E-state index in [4.69, 9.17) is 0 Å². The van der Waals surface area contributed by atoms with Crippen LogP contribution < -0.4 is 5.32 Å². The lowest BCUT2D eigenvalue weighted by Gasteiger charge is -2.22. The zero-order valence-corrected chi connectivity index (χ0v) is 13.3. The number of rotatable bonds is 4. The number of sulfone groups is 1. The summed E-state index contributed by atoms with van der Waals surface area (Å²) in [5.74, 6) is 0.406. The largest absolute Gasteiger partial charge is 0.351 e. The average Bonchev–Trinajstić information content (AvgIpc) is 2.69. The lowest BCUT2D eigenvalue weighted by atomic mass is 10.2. The Labute approximate surface area is 120 Å². The fraction of sp³-hybridized carbons (Fsp3) is 0.455. The maximum atomic E-state index is 11.6. The molecule has 0 unspecified atom stereocenters. The Hall–Kier alpha value is -1.15. The summed E-state index contributed by atoms with van der Waals surface area (Å²) < 4.78 is 24.8. The van der Waals surface area contributed by atoms with Gasteiger partial charge in [-0.1, -0.05) is 0 Å². The first kappa shape index (κ1) is 14.3. The third-order valence-corrected chi connectivity index (χ3v) is 5.76. The van der Waals surface area contributed by atoms with Gasteiger partial charge in [0.25, 0.3) is 0 Å². The summed E-state index contributed by atoms with van der Waals surface area (Å²) in [6.07, 6.45) is 3.00. The van der Waals surface area contributed by atoms with Gasteiger partial charge in [0, 0.05) is 19.0 Å². The smallest absolute Gasteiger partial charge is 0.243 e. The molecule has 0 aliphatic carbocycles. The number of anilines is 1. The molecule has 2 aromatic heterocycles. The van der Waals surface area contributed by atoms with Crippen molar-refractivity contribution in [3.8, 4) is 0 Å². The summed E-state index contributed by atoms with van der Waals surface area (Å²) in [6, 6.07) is 3.71. The number of hydrogen-bond acceptors (Lipinski definition) is 5. The topological polar surface area (TPSA) is 76.4 Å². The molecule has 0 aliphatic heterocycles. The number of nitrogens with one attached hydrogen (secondary N) is 1. The molecule has 2 aromatic rings. The van der Waals surface area contributed by atoms with E-state index >= 15 is 0 Å². The molecule has 0 radical (unpaired) electrons. The summed E-state index contributed by atoms with van der Waals surface area (Å²) in [5.41, 5.74) is 0.683. The minimum Gasteiger partial charge on any atom is -0.351 e. The van der Waals surface area contributed by atoms with Crippen molar-refractivity contribution in [1.82, 2.24) is 14.6 Å². The first-order valence-electron chi connectivity index (χ1n) is 5.65. The third kappa shape index (κ3) is 2.89. The normalized spacial score (nSPS) is 12.8. The average molecular weight is 347 g/mol. The molecule has 0 atom stereocenters. The van der Waals surface area contributed by atoms with E-state index in [1.165, 1.54) is 6.26 Å². The molecular formula is C11H15BrN4O2S. The maximum Gasteiger partial charge on any atom is 0.243 e. The molecule has 6 nitrogen and oxygen atoms in total. The molecule has 0 amide bonds. The molecular weight excluding hydrogens is 332 g/mol. The van der Waals surface area contributed by atoms with E-state index in [0.29, 0.717) is 11.6 Å². The van der Waals surface area contributed by atoms with Crippen LogP contribution in [0.4, 0.5) is 5.95 Å². The van der Waals surface area contributed by atoms with E-state index < -0.39 is 14.6 Å². The van der Waals surface area contributed by atoms with Gasteiger partial charge in [0.05, 0.1) is 9.22 Å². The van der Waals surface area contributed by atoms with Crippen molar-refractivity contribution in [3.63, 3.8) is 0 Å². The first-order chi connectivity index (χ1) is 8.71. The molecule has 0 aromatic carbocycles. The summed E-state index contributed by atoms with van der Waals surface area (Å²) in [5, 5.41) is 7.19. The third-order valence-electron chi connectivity index (χ3n) is 2.99. The SMILES string of the molecule is CC(C)(CNc1nc2c(Br)cccn2n1)S(C)(=O)=O. The van der Waals surface area contributed by atoms with Crippen LogP contribution in [0.5, 0.6) is 0 Å². The zero-order chi connectivity index (χ0) is 14.3. The molecule has 0 spiro atoms.